The molecule has 0 N–H and O–H groups in total. The molecule has 0 unspecified atom stereocenters. The number of carbonyl (C=O) groups excluding carboxylic acids is 1. The molecule has 0 atom stereocenters. The predicted molar refractivity (Wildman–Crippen MR) is 68.6 cm³/mol. The Morgan fingerprint density at radius 2 is 1.81 bits per heavy atom. The van der Waals surface area contributed by atoms with Crippen LogP contribution in [0.25, 0.3) is 0 Å². The summed E-state index contributed by atoms with van der Waals surface area (Å²) >= 11 is 0. The van der Waals surface area contributed by atoms with E-state index in [1.165, 1.54) is 0 Å². The Balaban J connectivity index is 3.95. The summed E-state index contributed by atoms with van der Waals surface area (Å²) in [6.07, 6.45) is 11.7. The number of hydrogen-bond acceptors (Lipinski definition) is 1. The number of rotatable bonds is 4. The van der Waals surface area contributed by atoms with Gasteiger partial charge in [-0.15, -0.1) is 0 Å². The Morgan fingerprint density at radius 1 is 1.12 bits per heavy atom. The van der Waals surface area contributed by atoms with Gasteiger partial charge in [0.25, 0.3) is 0 Å². The van der Waals surface area contributed by atoms with Gasteiger partial charge in [0.15, 0.2) is 5.78 Å². The van der Waals surface area contributed by atoms with E-state index in [0.29, 0.717) is 6.42 Å². The Labute approximate surface area is 97.9 Å². The third-order valence-electron chi connectivity index (χ3n) is 1.53. The fourth-order valence-electron chi connectivity index (χ4n) is 0.835. The molecule has 0 amide bonds. The highest BCUT2D eigenvalue weighted by molar-refractivity contribution is 5.89. The second-order valence-corrected chi connectivity index (χ2v) is 2.97. The largest absolute Gasteiger partial charge is 0.295 e. The van der Waals surface area contributed by atoms with Crippen LogP contribution in [0.1, 0.15) is 26.7 Å². The standard InChI is InChI=1S/C15H16O/c1-3-5-6-7-8-9-10-11-12-14-15(16)13-4-2/h3,5,10-12,14H,4,13H2,1-2H3/b5-3+,11-10-,14-12+. The highest BCUT2D eigenvalue weighted by atomic mass is 16.1. The first kappa shape index (κ1) is 14.0. The molecule has 1 nitrogen and oxygen atoms in total. The van der Waals surface area contributed by atoms with Gasteiger partial charge in [-0.3, -0.25) is 4.79 Å². The Kier molecular flexibility index (Phi) is 9.71. The SMILES string of the molecule is C/C=C/C#CC#C/C=C\C=C\C(=O)CCC. The van der Waals surface area contributed by atoms with Crippen LogP contribution in [0.15, 0.2) is 36.5 Å². The Bertz CT molecular complexity index is 400. The minimum Gasteiger partial charge on any atom is -0.295 e. The van der Waals surface area contributed by atoms with Crippen LogP contribution in [0, 0.1) is 23.7 Å². The molecule has 0 bridgehead atoms. The monoisotopic (exact) mass is 212 g/mol. The van der Waals surface area contributed by atoms with E-state index in [0.717, 1.165) is 6.42 Å². The van der Waals surface area contributed by atoms with Crippen LogP contribution in [0.2, 0.25) is 0 Å². The molecule has 16 heavy (non-hydrogen) atoms. The molecule has 0 heterocycles. The van der Waals surface area contributed by atoms with Gasteiger partial charge < -0.3 is 0 Å². The highest BCUT2D eigenvalue weighted by Crippen LogP contribution is 1.90. The zero-order valence-corrected chi connectivity index (χ0v) is 9.79. The number of carbonyl (C=O) groups is 1. The van der Waals surface area contributed by atoms with Crippen molar-refractivity contribution in [2.75, 3.05) is 0 Å². The molecule has 0 saturated carbocycles. The third-order valence-corrected chi connectivity index (χ3v) is 1.53. The summed E-state index contributed by atoms with van der Waals surface area (Å²) in [5, 5.41) is 0. The van der Waals surface area contributed by atoms with Crippen molar-refractivity contribution < 1.29 is 4.79 Å². The molecule has 0 saturated heterocycles. The molecule has 0 aromatic heterocycles. The summed E-state index contributed by atoms with van der Waals surface area (Å²) in [5.74, 6) is 11.0. The quantitative estimate of drug-likeness (QED) is 0.397. The lowest BCUT2D eigenvalue weighted by Gasteiger charge is -1.85. The summed E-state index contributed by atoms with van der Waals surface area (Å²) in [6, 6.07) is 0. The number of ketones is 1. The zero-order valence-electron chi connectivity index (χ0n) is 9.79. The normalized spacial score (nSPS) is 10.1. The van der Waals surface area contributed by atoms with Crippen molar-refractivity contribution in [2.24, 2.45) is 0 Å². The van der Waals surface area contributed by atoms with E-state index in [-0.39, 0.29) is 5.78 Å². The molecule has 0 aliphatic carbocycles. The van der Waals surface area contributed by atoms with Gasteiger partial charge in [0.1, 0.15) is 0 Å². The first-order valence-electron chi connectivity index (χ1n) is 5.29. The van der Waals surface area contributed by atoms with Gasteiger partial charge in [0.2, 0.25) is 0 Å². The van der Waals surface area contributed by atoms with E-state index in [1.54, 1.807) is 30.4 Å². The number of allylic oxidation sites excluding steroid dienone is 6. The second kappa shape index (κ2) is 11.1. The van der Waals surface area contributed by atoms with E-state index in [9.17, 15) is 4.79 Å². The van der Waals surface area contributed by atoms with Crippen LogP contribution in [-0.4, -0.2) is 5.78 Å². The lowest BCUT2D eigenvalue weighted by Crippen LogP contribution is -1.88. The van der Waals surface area contributed by atoms with E-state index in [4.69, 9.17) is 0 Å². The summed E-state index contributed by atoms with van der Waals surface area (Å²) in [7, 11) is 0. The Morgan fingerprint density at radius 3 is 2.44 bits per heavy atom. The van der Waals surface area contributed by atoms with Gasteiger partial charge in [0, 0.05) is 6.42 Å². The molecule has 0 aliphatic rings. The average molecular weight is 212 g/mol. The Hall–Kier alpha value is -1.99. The average Bonchev–Trinajstić information content (AvgIpc) is 2.27. The summed E-state index contributed by atoms with van der Waals surface area (Å²) in [4.78, 5) is 11.1. The van der Waals surface area contributed by atoms with Crippen LogP contribution in [0.3, 0.4) is 0 Å². The maximum Gasteiger partial charge on any atom is 0.155 e. The minimum atomic E-state index is 0.146. The summed E-state index contributed by atoms with van der Waals surface area (Å²) < 4.78 is 0. The second-order valence-electron chi connectivity index (χ2n) is 2.97. The lowest BCUT2D eigenvalue weighted by atomic mass is 10.2. The van der Waals surface area contributed by atoms with Crippen molar-refractivity contribution in [2.45, 2.75) is 26.7 Å². The lowest BCUT2D eigenvalue weighted by molar-refractivity contribution is -0.114. The van der Waals surface area contributed by atoms with E-state index >= 15 is 0 Å². The molecule has 0 rings (SSSR count). The minimum absolute atomic E-state index is 0.146. The van der Waals surface area contributed by atoms with Crippen molar-refractivity contribution in [1.82, 2.24) is 0 Å². The smallest absolute Gasteiger partial charge is 0.155 e. The summed E-state index contributed by atoms with van der Waals surface area (Å²) in [6.45, 7) is 3.89. The molecular formula is C15H16O. The van der Waals surface area contributed by atoms with Crippen LogP contribution in [-0.2, 0) is 4.79 Å². The highest BCUT2D eigenvalue weighted by Gasteiger charge is 1.89. The van der Waals surface area contributed by atoms with Crippen LogP contribution < -0.4 is 0 Å². The molecule has 0 fully saturated rings. The maximum absolute atomic E-state index is 11.1. The maximum atomic E-state index is 11.1. The van der Waals surface area contributed by atoms with Gasteiger partial charge in [0.05, 0.1) is 0 Å². The molecule has 1 heteroatoms. The summed E-state index contributed by atoms with van der Waals surface area (Å²) in [5.41, 5.74) is 0. The molecular weight excluding hydrogens is 196 g/mol. The van der Waals surface area contributed by atoms with Crippen molar-refractivity contribution in [3.05, 3.63) is 36.5 Å². The molecule has 0 spiro atoms. The molecule has 0 radical (unpaired) electrons. The number of hydrogen-bond donors (Lipinski definition) is 0. The first-order chi connectivity index (χ1) is 7.81. The zero-order chi connectivity index (χ0) is 12.1. The topological polar surface area (TPSA) is 17.1 Å². The molecule has 82 valence electrons. The van der Waals surface area contributed by atoms with Crippen LogP contribution >= 0.6 is 0 Å². The molecule has 0 aromatic carbocycles. The van der Waals surface area contributed by atoms with Crippen molar-refractivity contribution in [1.29, 1.82) is 0 Å². The predicted octanol–water partition coefficient (Wildman–Crippen LogP) is 3.05. The van der Waals surface area contributed by atoms with E-state index < -0.39 is 0 Å². The van der Waals surface area contributed by atoms with Crippen molar-refractivity contribution in [3.63, 3.8) is 0 Å². The molecule has 0 aliphatic heterocycles. The third kappa shape index (κ3) is 10.1. The van der Waals surface area contributed by atoms with Gasteiger partial charge in [-0.25, -0.2) is 0 Å². The van der Waals surface area contributed by atoms with Crippen molar-refractivity contribution >= 4 is 5.78 Å². The van der Waals surface area contributed by atoms with E-state index in [1.807, 2.05) is 19.9 Å². The fraction of sp³-hybridized carbons (Fsp3) is 0.267. The van der Waals surface area contributed by atoms with Gasteiger partial charge in [-0.2, -0.15) is 0 Å². The van der Waals surface area contributed by atoms with Gasteiger partial charge in [-0.05, 0) is 43.4 Å². The van der Waals surface area contributed by atoms with Gasteiger partial charge in [-0.1, -0.05) is 37.0 Å². The first-order valence-corrected chi connectivity index (χ1v) is 5.29. The van der Waals surface area contributed by atoms with Crippen molar-refractivity contribution in [3.8, 4) is 23.7 Å². The van der Waals surface area contributed by atoms with Crippen LogP contribution in [0.4, 0.5) is 0 Å². The molecule has 0 aromatic rings. The van der Waals surface area contributed by atoms with Crippen LogP contribution in [0.5, 0.6) is 0 Å². The van der Waals surface area contributed by atoms with E-state index in [2.05, 4.69) is 23.7 Å². The van der Waals surface area contributed by atoms with Gasteiger partial charge >= 0.3 is 0 Å². The fourth-order valence-corrected chi connectivity index (χ4v) is 0.835.